The van der Waals surface area contributed by atoms with Crippen LogP contribution >= 0.6 is 23.1 Å². The lowest BCUT2D eigenvalue weighted by atomic mass is 9.89. The molecule has 2 aromatic rings. The number of nitrogens with zero attached hydrogens (tertiary/aromatic N) is 2. The van der Waals surface area contributed by atoms with E-state index in [2.05, 4.69) is 19.2 Å². The van der Waals surface area contributed by atoms with Gasteiger partial charge >= 0.3 is 0 Å². The monoisotopic (exact) mass is 407 g/mol. The van der Waals surface area contributed by atoms with Gasteiger partial charge in [0.05, 0.1) is 11.1 Å². The second-order valence-electron chi connectivity index (χ2n) is 7.52. The Labute approximate surface area is 169 Å². The molecule has 0 aliphatic heterocycles. The number of thiophene rings is 1. The molecule has 2 atom stereocenters. The van der Waals surface area contributed by atoms with E-state index < -0.39 is 0 Å². The van der Waals surface area contributed by atoms with Crippen LogP contribution in [0.3, 0.4) is 0 Å². The highest BCUT2D eigenvalue weighted by atomic mass is 32.2. The molecule has 148 valence electrons. The molecule has 3 rings (SSSR count). The largest absolute Gasteiger partial charge is 0.353 e. The molecule has 5 nitrogen and oxygen atoms in total. The molecule has 0 saturated carbocycles. The molecule has 1 aliphatic carbocycles. The molecule has 2 heterocycles. The molecule has 1 N–H and O–H groups in total. The Kier molecular flexibility index (Phi) is 6.63. The fraction of sp³-hybridized carbons (Fsp3) is 0.650. The summed E-state index contributed by atoms with van der Waals surface area (Å²) in [6, 6.07) is 0.179. The van der Waals surface area contributed by atoms with Crippen LogP contribution in [0.2, 0.25) is 0 Å². The van der Waals surface area contributed by atoms with E-state index in [9.17, 15) is 9.59 Å². The second kappa shape index (κ2) is 8.78. The van der Waals surface area contributed by atoms with Gasteiger partial charge < -0.3 is 5.32 Å². The summed E-state index contributed by atoms with van der Waals surface area (Å²) in [4.78, 5) is 32.3. The van der Waals surface area contributed by atoms with Gasteiger partial charge in [-0.1, -0.05) is 32.0 Å². The number of carbonyl (C=O) groups excluding carboxylic acids is 1. The molecule has 27 heavy (non-hydrogen) atoms. The lowest BCUT2D eigenvalue weighted by Gasteiger charge is -2.17. The third-order valence-corrected chi connectivity index (χ3v) is 7.28. The summed E-state index contributed by atoms with van der Waals surface area (Å²) in [5.41, 5.74) is 1.27. The van der Waals surface area contributed by atoms with Gasteiger partial charge in [-0.25, -0.2) is 4.98 Å². The number of nitrogens with one attached hydrogen (secondary N) is 1. The number of thioether (sulfide) groups is 1. The van der Waals surface area contributed by atoms with Crippen LogP contribution in [-0.2, 0) is 24.2 Å². The molecule has 0 aromatic carbocycles. The van der Waals surface area contributed by atoms with Crippen molar-refractivity contribution in [1.82, 2.24) is 14.9 Å². The summed E-state index contributed by atoms with van der Waals surface area (Å²) in [5.74, 6) is 0.951. The third-order valence-electron chi connectivity index (χ3n) is 5.16. The zero-order valence-corrected chi connectivity index (χ0v) is 18.3. The van der Waals surface area contributed by atoms with Crippen molar-refractivity contribution in [3.05, 3.63) is 20.8 Å². The smallest absolute Gasteiger partial charge is 0.263 e. The SMILES string of the molecule is CCC[C@H](C)NC(=O)CSc1nc2sc3c(c2c(=O)n1CC)CC[C@@H](C)C3. The van der Waals surface area contributed by atoms with E-state index in [1.165, 1.54) is 22.2 Å². The van der Waals surface area contributed by atoms with Crippen molar-refractivity contribution in [3.8, 4) is 0 Å². The van der Waals surface area contributed by atoms with Gasteiger partial charge in [-0.3, -0.25) is 14.2 Å². The first kappa shape index (κ1) is 20.4. The average Bonchev–Trinajstić information content (AvgIpc) is 2.97. The number of aryl methyl sites for hydroxylation is 1. The second-order valence-corrected chi connectivity index (χ2v) is 9.55. The Morgan fingerprint density at radius 3 is 2.93 bits per heavy atom. The number of rotatable bonds is 7. The quantitative estimate of drug-likeness (QED) is 0.557. The molecule has 0 unspecified atom stereocenters. The Balaban J connectivity index is 1.85. The molecular weight excluding hydrogens is 378 g/mol. The van der Waals surface area contributed by atoms with Gasteiger partial charge in [-0.15, -0.1) is 11.3 Å². The highest BCUT2D eigenvalue weighted by Crippen LogP contribution is 2.36. The number of aromatic nitrogens is 2. The zero-order chi connectivity index (χ0) is 19.6. The summed E-state index contributed by atoms with van der Waals surface area (Å²) in [6.07, 6.45) is 5.17. The highest BCUT2D eigenvalue weighted by molar-refractivity contribution is 7.99. The first-order valence-corrected chi connectivity index (χ1v) is 11.7. The van der Waals surface area contributed by atoms with Crippen LogP contribution in [0.15, 0.2) is 9.95 Å². The molecule has 1 amide bonds. The standard InChI is InChI=1S/C20H29N3O2S2/c1-5-7-13(4)21-16(24)11-26-20-22-18-17(19(25)23(20)6-2)14-9-8-12(3)10-15(14)27-18/h12-13H,5-11H2,1-4H3,(H,21,24)/t12-,13+/m1/s1. The normalized spacial score (nSPS) is 17.7. The molecule has 0 bridgehead atoms. The summed E-state index contributed by atoms with van der Waals surface area (Å²) >= 11 is 3.03. The Bertz CT molecular complexity index is 887. The maximum Gasteiger partial charge on any atom is 0.263 e. The first-order chi connectivity index (χ1) is 12.9. The predicted octanol–water partition coefficient (Wildman–Crippen LogP) is 4.00. The zero-order valence-electron chi connectivity index (χ0n) is 16.6. The molecule has 0 fully saturated rings. The molecule has 1 aliphatic rings. The molecule has 2 aromatic heterocycles. The van der Waals surface area contributed by atoms with E-state index in [4.69, 9.17) is 4.98 Å². The molecule has 0 saturated heterocycles. The number of carbonyl (C=O) groups is 1. The number of hydrogen-bond acceptors (Lipinski definition) is 5. The van der Waals surface area contributed by atoms with Crippen molar-refractivity contribution in [2.75, 3.05) is 5.75 Å². The van der Waals surface area contributed by atoms with Crippen LogP contribution in [0, 0.1) is 5.92 Å². The Morgan fingerprint density at radius 2 is 2.22 bits per heavy atom. The number of amides is 1. The van der Waals surface area contributed by atoms with Crippen LogP contribution < -0.4 is 10.9 Å². The summed E-state index contributed by atoms with van der Waals surface area (Å²) in [6.45, 7) is 8.93. The lowest BCUT2D eigenvalue weighted by molar-refractivity contribution is -0.119. The minimum atomic E-state index is -0.00255. The minimum Gasteiger partial charge on any atom is -0.353 e. The van der Waals surface area contributed by atoms with Gasteiger partial charge in [0.25, 0.3) is 5.56 Å². The lowest BCUT2D eigenvalue weighted by Crippen LogP contribution is -2.34. The fourth-order valence-corrected chi connectivity index (χ4v) is 6.04. The molecule has 0 radical (unpaired) electrons. The Hall–Kier alpha value is -1.34. The predicted molar refractivity (Wildman–Crippen MR) is 114 cm³/mol. The average molecular weight is 408 g/mol. The fourth-order valence-electron chi connectivity index (χ4n) is 3.75. The maximum absolute atomic E-state index is 13.1. The van der Waals surface area contributed by atoms with E-state index >= 15 is 0 Å². The topological polar surface area (TPSA) is 64.0 Å². The van der Waals surface area contributed by atoms with E-state index in [0.29, 0.717) is 17.6 Å². The van der Waals surface area contributed by atoms with Crippen molar-refractivity contribution >= 4 is 39.2 Å². The van der Waals surface area contributed by atoms with Crippen LogP contribution in [0.5, 0.6) is 0 Å². The van der Waals surface area contributed by atoms with Crippen molar-refractivity contribution in [2.45, 2.75) is 77.5 Å². The van der Waals surface area contributed by atoms with Gasteiger partial charge in [0.15, 0.2) is 5.16 Å². The van der Waals surface area contributed by atoms with Gasteiger partial charge in [0.1, 0.15) is 4.83 Å². The van der Waals surface area contributed by atoms with Gasteiger partial charge in [-0.05, 0) is 51.0 Å². The summed E-state index contributed by atoms with van der Waals surface area (Å²) in [5, 5.41) is 4.48. The minimum absolute atomic E-state index is 0.00255. The number of fused-ring (bicyclic) bond motifs is 3. The summed E-state index contributed by atoms with van der Waals surface area (Å²) in [7, 11) is 0. The van der Waals surface area contributed by atoms with E-state index in [0.717, 1.165) is 42.3 Å². The van der Waals surface area contributed by atoms with Crippen LogP contribution in [0.1, 0.15) is 57.4 Å². The van der Waals surface area contributed by atoms with Crippen molar-refractivity contribution < 1.29 is 4.79 Å². The molecule has 7 heteroatoms. The first-order valence-electron chi connectivity index (χ1n) is 9.91. The van der Waals surface area contributed by atoms with Crippen LogP contribution in [-0.4, -0.2) is 27.3 Å². The van der Waals surface area contributed by atoms with E-state index in [1.807, 2.05) is 13.8 Å². The van der Waals surface area contributed by atoms with Crippen molar-refractivity contribution in [1.29, 1.82) is 0 Å². The van der Waals surface area contributed by atoms with Gasteiger partial charge in [0, 0.05) is 17.5 Å². The van der Waals surface area contributed by atoms with Crippen molar-refractivity contribution in [2.24, 2.45) is 5.92 Å². The summed E-state index contributed by atoms with van der Waals surface area (Å²) < 4.78 is 1.72. The Morgan fingerprint density at radius 1 is 1.44 bits per heavy atom. The maximum atomic E-state index is 13.1. The highest BCUT2D eigenvalue weighted by Gasteiger charge is 2.24. The molecule has 0 spiro atoms. The van der Waals surface area contributed by atoms with E-state index in [1.54, 1.807) is 15.9 Å². The van der Waals surface area contributed by atoms with E-state index in [-0.39, 0.29) is 23.3 Å². The van der Waals surface area contributed by atoms with Gasteiger partial charge in [0.2, 0.25) is 5.91 Å². The van der Waals surface area contributed by atoms with Gasteiger partial charge in [-0.2, -0.15) is 0 Å². The number of hydrogen-bond donors (Lipinski definition) is 1. The van der Waals surface area contributed by atoms with Crippen LogP contribution in [0.4, 0.5) is 0 Å². The third kappa shape index (κ3) is 4.40. The van der Waals surface area contributed by atoms with Crippen LogP contribution in [0.25, 0.3) is 10.2 Å². The van der Waals surface area contributed by atoms with Crippen molar-refractivity contribution in [3.63, 3.8) is 0 Å². The molecular formula is C20H29N3O2S2.